The van der Waals surface area contributed by atoms with Gasteiger partial charge in [0, 0.05) is 17.7 Å². The molecule has 1 aliphatic carbocycles. The number of amides is 1. The minimum Gasteiger partial charge on any atom is -0.469 e. The number of benzene rings is 1. The molecule has 0 bridgehead atoms. The summed E-state index contributed by atoms with van der Waals surface area (Å²) in [6.45, 7) is 2.09. The number of hydrogen-bond acceptors (Lipinski definition) is 3. The smallest absolute Gasteiger partial charge is 0.230 e. The van der Waals surface area contributed by atoms with Crippen LogP contribution in [0.5, 0.6) is 0 Å². The lowest BCUT2D eigenvalue weighted by atomic mass is 9.93. The first-order valence-corrected chi connectivity index (χ1v) is 8.87. The highest BCUT2D eigenvalue weighted by Crippen LogP contribution is 2.30. The zero-order valence-corrected chi connectivity index (χ0v) is 13.6. The van der Waals surface area contributed by atoms with Crippen LogP contribution in [0.25, 0.3) is 0 Å². The molecule has 0 fully saturated rings. The molecule has 1 N–H and O–H groups in total. The Labute approximate surface area is 135 Å². The third-order valence-corrected chi connectivity index (χ3v) is 4.98. The van der Waals surface area contributed by atoms with E-state index in [4.69, 9.17) is 4.42 Å². The van der Waals surface area contributed by atoms with Crippen molar-refractivity contribution in [2.24, 2.45) is 0 Å². The molecule has 1 heterocycles. The summed E-state index contributed by atoms with van der Waals surface area (Å²) < 4.78 is 5.46. The van der Waals surface area contributed by atoms with Gasteiger partial charge in [0.05, 0.1) is 18.1 Å². The topological polar surface area (TPSA) is 42.2 Å². The summed E-state index contributed by atoms with van der Waals surface area (Å²) >= 11 is 1.66. The Bertz CT molecular complexity index is 650. The Morgan fingerprint density at radius 1 is 1.41 bits per heavy atom. The first-order valence-electron chi connectivity index (χ1n) is 7.71. The van der Waals surface area contributed by atoms with E-state index in [1.165, 1.54) is 11.1 Å². The summed E-state index contributed by atoms with van der Waals surface area (Å²) in [5, 5.41) is 3.14. The fourth-order valence-electron chi connectivity index (χ4n) is 2.94. The van der Waals surface area contributed by atoms with Crippen LogP contribution in [0.4, 0.5) is 0 Å². The van der Waals surface area contributed by atoms with E-state index in [1.807, 2.05) is 6.07 Å². The normalized spacial score (nSPS) is 17.0. The molecule has 1 aliphatic rings. The average molecular weight is 315 g/mol. The second-order valence-corrected chi connectivity index (χ2v) is 6.78. The van der Waals surface area contributed by atoms with Gasteiger partial charge in [-0.1, -0.05) is 29.8 Å². The van der Waals surface area contributed by atoms with E-state index >= 15 is 0 Å². The largest absolute Gasteiger partial charge is 0.469 e. The van der Waals surface area contributed by atoms with E-state index in [9.17, 15) is 4.79 Å². The molecule has 4 heteroatoms. The fraction of sp³-hybridized carbons (Fsp3) is 0.389. The molecule has 0 saturated carbocycles. The van der Waals surface area contributed by atoms with Gasteiger partial charge < -0.3 is 9.73 Å². The van der Waals surface area contributed by atoms with Gasteiger partial charge in [-0.25, -0.2) is 0 Å². The number of furan rings is 1. The Kier molecular flexibility index (Phi) is 4.88. The lowest BCUT2D eigenvalue weighted by molar-refractivity contribution is -0.119. The van der Waals surface area contributed by atoms with Crippen LogP contribution in [0.3, 0.4) is 0 Å². The van der Waals surface area contributed by atoms with Crippen molar-refractivity contribution in [1.82, 2.24) is 5.32 Å². The Hall–Kier alpha value is -1.68. The number of hydrogen-bond donors (Lipinski definition) is 1. The van der Waals surface area contributed by atoms with Crippen molar-refractivity contribution >= 4 is 17.7 Å². The highest BCUT2D eigenvalue weighted by Gasteiger charge is 2.23. The van der Waals surface area contributed by atoms with Gasteiger partial charge in [0.25, 0.3) is 0 Å². The van der Waals surface area contributed by atoms with Crippen molar-refractivity contribution in [3.8, 4) is 0 Å². The minimum atomic E-state index is 0.108. The van der Waals surface area contributed by atoms with E-state index in [-0.39, 0.29) is 11.9 Å². The summed E-state index contributed by atoms with van der Waals surface area (Å²) in [5.74, 6) is 2.51. The maximum Gasteiger partial charge on any atom is 0.230 e. The van der Waals surface area contributed by atoms with E-state index in [2.05, 4.69) is 36.5 Å². The second kappa shape index (κ2) is 7.05. The van der Waals surface area contributed by atoms with Crippen molar-refractivity contribution in [2.75, 3.05) is 5.75 Å². The number of fused-ring (bicyclic) bond motifs is 1. The number of nitrogens with one attached hydrogen (secondary N) is 1. The molecule has 1 aromatic carbocycles. The molecule has 3 rings (SSSR count). The third-order valence-electron chi connectivity index (χ3n) is 3.97. The van der Waals surface area contributed by atoms with E-state index in [0.29, 0.717) is 5.75 Å². The number of carbonyl (C=O) groups excluding carboxylic acids is 1. The molecular formula is C18H21NO2S. The summed E-state index contributed by atoms with van der Waals surface area (Å²) in [7, 11) is 0. The highest BCUT2D eigenvalue weighted by atomic mass is 32.2. The third kappa shape index (κ3) is 3.74. The molecular weight excluding hydrogens is 294 g/mol. The molecule has 0 saturated heterocycles. The zero-order chi connectivity index (χ0) is 15.4. The molecule has 1 amide bonds. The first-order chi connectivity index (χ1) is 10.7. The number of aryl methyl sites for hydroxylation is 2. The predicted octanol–water partition coefficient (Wildman–Crippen LogP) is 4.02. The van der Waals surface area contributed by atoms with Crippen LogP contribution in [-0.2, 0) is 17.0 Å². The minimum absolute atomic E-state index is 0.108. The molecule has 2 aromatic rings. The highest BCUT2D eigenvalue weighted by molar-refractivity contribution is 7.99. The molecule has 0 radical (unpaired) electrons. The molecule has 0 aliphatic heterocycles. The summed E-state index contributed by atoms with van der Waals surface area (Å²) in [4.78, 5) is 12.1. The Morgan fingerprint density at radius 2 is 2.32 bits per heavy atom. The summed E-state index contributed by atoms with van der Waals surface area (Å²) in [6.07, 6.45) is 4.78. The maximum absolute atomic E-state index is 12.1. The quantitative estimate of drug-likeness (QED) is 0.906. The van der Waals surface area contributed by atoms with Gasteiger partial charge >= 0.3 is 0 Å². The van der Waals surface area contributed by atoms with Crippen LogP contribution in [0, 0.1) is 6.92 Å². The first kappa shape index (κ1) is 15.2. The molecule has 1 aromatic heterocycles. The molecule has 116 valence electrons. The zero-order valence-electron chi connectivity index (χ0n) is 12.8. The van der Waals surface area contributed by atoms with Gasteiger partial charge in [0.2, 0.25) is 5.91 Å². The lowest BCUT2D eigenvalue weighted by Crippen LogP contribution is -2.31. The Balaban J connectivity index is 1.48. The molecule has 3 nitrogen and oxygen atoms in total. The standard InChI is InChI=1S/C18H21NO2S/c1-13-4-2-5-14(10-13)11-22-12-18(20)19-16-6-3-7-17-15(16)8-9-21-17/h2,4-5,8-10,16H,3,6-7,11-12H2,1H3,(H,19,20). The van der Waals surface area contributed by atoms with Crippen LogP contribution in [-0.4, -0.2) is 11.7 Å². The van der Waals surface area contributed by atoms with Gasteiger partial charge in [0.15, 0.2) is 0 Å². The van der Waals surface area contributed by atoms with Gasteiger partial charge in [0.1, 0.15) is 5.76 Å². The van der Waals surface area contributed by atoms with E-state index < -0.39 is 0 Å². The molecule has 22 heavy (non-hydrogen) atoms. The van der Waals surface area contributed by atoms with Crippen molar-refractivity contribution in [2.45, 2.75) is 38.0 Å². The van der Waals surface area contributed by atoms with Crippen molar-refractivity contribution < 1.29 is 9.21 Å². The SMILES string of the molecule is Cc1cccc(CSCC(=O)NC2CCCc3occc32)c1. The molecule has 0 spiro atoms. The summed E-state index contributed by atoms with van der Waals surface area (Å²) in [5.41, 5.74) is 3.69. The monoisotopic (exact) mass is 315 g/mol. The van der Waals surface area contributed by atoms with Gasteiger partial charge in [-0.05, 0) is 31.4 Å². The van der Waals surface area contributed by atoms with Crippen molar-refractivity contribution in [3.63, 3.8) is 0 Å². The van der Waals surface area contributed by atoms with E-state index in [0.717, 1.165) is 36.3 Å². The number of rotatable bonds is 5. The molecule has 1 unspecified atom stereocenters. The fourth-order valence-corrected chi connectivity index (χ4v) is 3.72. The number of thioether (sulfide) groups is 1. The molecule has 1 atom stereocenters. The predicted molar refractivity (Wildman–Crippen MR) is 89.9 cm³/mol. The van der Waals surface area contributed by atoms with Crippen molar-refractivity contribution in [3.05, 3.63) is 59.0 Å². The van der Waals surface area contributed by atoms with Gasteiger partial charge in [-0.2, -0.15) is 0 Å². The van der Waals surface area contributed by atoms with Crippen LogP contribution >= 0.6 is 11.8 Å². The van der Waals surface area contributed by atoms with Gasteiger partial charge in [-0.15, -0.1) is 11.8 Å². The van der Waals surface area contributed by atoms with Crippen molar-refractivity contribution in [1.29, 1.82) is 0 Å². The van der Waals surface area contributed by atoms with Crippen LogP contribution in [0.1, 0.15) is 41.3 Å². The Morgan fingerprint density at radius 3 is 3.18 bits per heavy atom. The lowest BCUT2D eigenvalue weighted by Gasteiger charge is -2.22. The average Bonchev–Trinajstić information content (AvgIpc) is 2.97. The van der Waals surface area contributed by atoms with Gasteiger partial charge in [-0.3, -0.25) is 4.79 Å². The second-order valence-electron chi connectivity index (χ2n) is 5.79. The van der Waals surface area contributed by atoms with Crippen LogP contribution in [0.15, 0.2) is 41.0 Å². The van der Waals surface area contributed by atoms with E-state index in [1.54, 1.807) is 18.0 Å². The maximum atomic E-state index is 12.1. The van der Waals surface area contributed by atoms with Crippen LogP contribution < -0.4 is 5.32 Å². The summed E-state index contributed by atoms with van der Waals surface area (Å²) in [6, 6.07) is 10.5. The number of carbonyl (C=O) groups is 1. The van der Waals surface area contributed by atoms with Crippen LogP contribution in [0.2, 0.25) is 0 Å².